The van der Waals surface area contributed by atoms with Gasteiger partial charge in [0.2, 0.25) is 5.91 Å². The second-order valence-corrected chi connectivity index (χ2v) is 7.92. The molecule has 0 aliphatic carbocycles. The lowest BCUT2D eigenvalue weighted by Crippen LogP contribution is -2.47. The highest BCUT2D eigenvalue weighted by atomic mass is 16.5. The van der Waals surface area contributed by atoms with Crippen LogP contribution in [0.1, 0.15) is 44.2 Å². The van der Waals surface area contributed by atoms with Crippen LogP contribution in [-0.4, -0.2) is 49.8 Å². The molecule has 0 saturated carbocycles. The minimum Gasteiger partial charge on any atom is -0.378 e. The fourth-order valence-corrected chi connectivity index (χ4v) is 4.03. The summed E-state index contributed by atoms with van der Waals surface area (Å²) in [5, 5.41) is 0. The van der Waals surface area contributed by atoms with Crippen LogP contribution in [0.3, 0.4) is 0 Å². The maximum absolute atomic E-state index is 13.0. The van der Waals surface area contributed by atoms with Gasteiger partial charge in [-0.15, -0.1) is 0 Å². The van der Waals surface area contributed by atoms with Crippen molar-refractivity contribution in [1.29, 1.82) is 0 Å². The fraction of sp³-hybridized carbons (Fsp3) is 0.667. The lowest BCUT2D eigenvalue weighted by molar-refractivity contribution is -0.138. The van der Waals surface area contributed by atoms with Crippen LogP contribution < -0.4 is 0 Å². The van der Waals surface area contributed by atoms with E-state index in [1.807, 2.05) is 4.90 Å². The van der Waals surface area contributed by atoms with Gasteiger partial charge in [-0.05, 0) is 31.2 Å². The van der Waals surface area contributed by atoms with Crippen molar-refractivity contribution in [1.82, 2.24) is 4.90 Å². The number of ether oxygens (including phenoxy) is 2. The monoisotopic (exact) mass is 345 g/mol. The zero-order valence-electron chi connectivity index (χ0n) is 15.8. The molecule has 0 spiro atoms. The van der Waals surface area contributed by atoms with E-state index in [4.69, 9.17) is 9.47 Å². The Hall–Kier alpha value is -1.39. The average Bonchev–Trinajstić information content (AvgIpc) is 2.63. The molecule has 4 heteroatoms. The molecule has 1 aromatic rings. The molecule has 2 unspecified atom stereocenters. The number of nitrogens with zero attached hydrogens (tertiary/aromatic N) is 1. The van der Waals surface area contributed by atoms with Crippen LogP contribution in [-0.2, 0) is 19.7 Å². The summed E-state index contributed by atoms with van der Waals surface area (Å²) >= 11 is 0. The van der Waals surface area contributed by atoms with Crippen molar-refractivity contribution in [3.8, 4) is 0 Å². The molecule has 1 aromatic carbocycles. The van der Waals surface area contributed by atoms with Gasteiger partial charge in [-0.25, -0.2) is 0 Å². The highest BCUT2D eigenvalue weighted by Gasteiger charge is 2.42. The van der Waals surface area contributed by atoms with E-state index in [1.54, 1.807) is 0 Å². The van der Waals surface area contributed by atoms with Crippen molar-refractivity contribution in [3.63, 3.8) is 0 Å². The number of carbonyl (C=O) groups excluding carboxylic acids is 1. The molecule has 2 saturated heterocycles. The predicted molar refractivity (Wildman–Crippen MR) is 98.7 cm³/mol. The van der Waals surface area contributed by atoms with E-state index in [0.29, 0.717) is 38.6 Å². The first-order valence-corrected chi connectivity index (χ1v) is 9.54. The van der Waals surface area contributed by atoms with Gasteiger partial charge < -0.3 is 14.4 Å². The summed E-state index contributed by atoms with van der Waals surface area (Å²) in [6.45, 7) is 9.99. The van der Waals surface area contributed by atoms with Crippen LogP contribution in [0.15, 0.2) is 24.3 Å². The summed E-state index contributed by atoms with van der Waals surface area (Å²) in [6, 6.07) is 8.75. The molecular formula is C21H31NO3. The molecule has 25 heavy (non-hydrogen) atoms. The first-order valence-electron chi connectivity index (χ1n) is 9.54. The molecule has 0 bridgehead atoms. The molecule has 0 aromatic heterocycles. The first kappa shape index (κ1) is 18.4. The van der Waals surface area contributed by atoms with Crippen molar-refractivity contribution in [2.24, 2.45) is 5.92 Å². The smallest absolute Gasteiger partial charge is 0.223 e. The minimum atomic E-state index is -0.115. The summed E-state index contributed by atoms with van der Waals surface area (Å²) in [5.74, 6) is 0.719. The zero-order chi connectivity index (χ0) is 17.9. The van der Waals surface area contributed by atoms with Crippen LogP contribution in [0.25, 0.3) is 0 Å². The van der Waals surface area contributed by atoms with E-state index in [2.05, 4.69) is 45.0 Å². The van der Waals surface area contributed by atoms with Crippen molar-refractivity contribution in [2.45, 2.75) is 51.6 Å². The molecule has 0 radical (unpaired) electrons. The van der Waals surface area contributed by atoms with E-state index in [-0.39, 0.29) is 17.4 Å². The third-order valence-electron chi connectivity index (χ3n) is 5.77. The van der Waals surface area contributed by atoms with Crippen LogP contribution >= 0.6 is 0 Å². The van der Waals surface area contributed by atoms with Crippen LogP contribution in [0.2, 0.25) is 0 Å². The van der Waals surface area contributed by atoms with Gasteiger partial charge in [0.05, 0.1) is 19.3 Å². The summed E-state index contributed by atoms with van der Waals surface area (Å²) < 4.78 is 11.4. The summed E-state index contributed by atoms with van der Waals surface area (Å²) in [5.41, 5.74) is 2.43. The van der Waals surface area contributed by atoms with Crippen molar-refractivity contribution in [2.75, 3.05) is 32.9 Å². The van der Waals surface area contributed by atoms with Gasteiger partial charge in [0.25, 0.3) is 0 Å². The highest BCUT2D eigenvalue weighted by Crippen LogP contribution is 2.42. The summed E-state index contributed by atoms with van der Waals surface area (Å²) in [4.78, 5) is 15.0. The SMILES string of the molecule is Cc1ccc(C2(CC(=O)N3CCOCC3)CCOC(C(C)C)C2)cc1. The Morgan fingerprint density at radius 1 is 1.20 bits per heavy atom. The Balaban J connectivity index is 1.85. The third kappa shape index (κ3) is 4.24. The second-order valence-electron chi connectivity index (χ2n) is 7.92. The Bertz CT molecular complexity index is 577. The molecule has 4 nitrogen and oxygen atoms in total. The van der Waals surface area contributed by atoms with E-state index in [1.165, 1.54) is 11.1 Å². The topological polar surface area (TPSA) is 38.8 Å². The van der Waals surface area contributed by atoms with Crippen molar-refractivity contribution < 1.29 is 14.3 Å². The van der Waals surface area contributed by atoms with Gasteiger partial charge in [-0.2, -0.15) is 0 Å². The number of carbonyl (C=O) groups is 1. The largest absolute Gasteiger partial charge is 0.378 e. The first-order chi connectivity index (χ1) is 12.0. The molecule has 2 aliphatic heterocycles. The average molecular weight is 345 g/mol. The van der Waals surface area contributed by atoms with Crippen LogP contribution in [0.4, 0.5) is 0 Å². The standard InChI is InChI=1S/C21H31NO3/c1-16(2)19-14-21(8-11-25-19,18-6-4-17(3)5-7-18)15-20(23)22-9-12-24-13-10-22/h4-7,16,19H,8-15H2,1-3H3. The fourth-order valence-electron chi connectivity index (χ4n) is 4.03. The van der Waals surface area contributed by atoms with Crippen molar-refractivity contribution >= 4 is 5.91 Å². The lowest BCUT2D eigenvalue weighted by atomic mass is 9.68. The van der Waals surface area contributed by atoms with Gasteiger partial charge in [0.15, 0.2) is 0 Å². The van der Waals surface area contributed by atoms with Gasteiger partial charge in [0.1, 0.15) is 0 Å². The number of rotatable bonds is 4. The maximum atomic E-state index is 13.0. The third-order valence-corrected chi connectivity index (χ3v) is 5.77. The zero-order valence-corrected chi connectivity index (χ0v) is 15.8. The Labute approximate surface area is 151 Å². The minimum absolute atomic E-state index is 0.115. The molecule has 0 N–H and O–H groups in total. The van der Waals surface area contributed by atoms with E-state index in [9.17, 15) is 4.79 Å². The highest BCUT2D eigenvalue weighted by molar-refractivity contribution is 5.78. The molecule has 2 heterocycles. The van der Waals surface area contributed by atoms with E-state index >= 15 is 0 Å². The molecule has 1 amide bonds. The molecular weight excluding hydrogens is 314 g/mol. The van der Waals surface area contributed by atoms with Crippen LogP contribution in [0.5, 0.6) is 0 Å². The van der Waals surface area contributed by atoms with Crippen molar-refractivity contribution in [3.05, 3.63) is 35.4 Å². The number of amides is 1. The van der Waals surface area contributed by atoms with Gasteiger partial charge >= 0.3 is 0 Å². The van der Waals surface area contributed by atoms with E-state index in [0.717, 1.165) is 19.4 Å². The quantitative estimate of drug-likeness (QED) is 0.840. The number of aryl methyl sites for hydroxylation is 1. The normalized spacial score (nSPS) is 27.5. The summed E-state index contributed by atoms with van der Waals surface area (Å²) in [6.07, 6.45) is 2.62. The Morgan fingerprint density at radius 3 is 2.52 bits per heavy atom. The summed E-state index contributed by atoms with van der Waals surface area (Å²) in [7, 11) is 0. The Kier molecular flexibility index (Phi) is 5.80. The van der Waals surface area contributed by atoms with Crippen LogP contribution in [0, 0.1) is 12.8 Å². The van der Waals surface area contributed by atoms with E-state index < -0.39 is 0 Å². The number of hydrogen-bond acceptors (Lipinski definition) is 3. The molecule has 138 valence electrons. The maximum Gasteiger partial charge on any atom is 0.223 e. The lowest BCUT2D eigenvalue weighted by Gasteiger charge is -2.43. The molecule has 2 atom stereocenters. The van der Waals surface area contributed by atoms with Gasteiger partial charge in [0, 0.05) is 31.5 Å². The number of hydrogen-bond donors (Lipinski definition) is 0. The predicted octanol–water partition coefficient (Wildman–Crippen LogP) is 3.32. The van der Waals surface area contributed by atoms with Gasteiger partial charge in [-0.1, -0.05) is 43.7 Å². The van der Waals surface area contributed by atoms with Gasteiger partial charge in [-0.3, -0.25) is 4.79 Å². The number of morpholine rings is 1. The molecule has 2 aliphatic rings. The number of benzene rings is 1. The second kappa shape index (κ2) is 7.88. The molecule has 2 fully saturated rings. The molecule has 3 rings (SSSR count). The Morgan fingerprint density at radius 2 is 1.88 bits per heavy atom.